The van der Waals surface area contributed by atoms with Crippen molar-refractivity contribution in [3.63, 3.8) is 0 Å². The third-order valence-electron chi connectivity index (χ3n) is 3.64. The van der Waals surface area contributed by atoms with E-state index in [1.807, 2.05) is 10.9 Å². The first-order valence-electron chi connectivity index (χ1n) is 7.35. The zero-order valence-corrected chi connectivity index (χ0v) is 13.1. The van der Waals surface area contributed by atoms with Crippen molar-refractivity contribution in [2.75, 3.05) is 5.32 Å². The number of hydrogen-bond donors (Lipinski definition) is 1. The number of hydrogen-bond acceptors (Lipinski definition) is 3. The molecule has 0 saturated carbocycles. The number of aromatic nitrogens is 4. The fraction of sp³-hybridized carbons (Fsp3) is 0.600. The normalized spacial score (nSPS) is 12.9. The minimum absolute atomic E-state index is 0.384. The van der Waals surface area contributed by atoms with Gasteiger partial charge in [0.1, 0.15) is 0 Å². The van der Waals surface area contributed by atoms with Crippen molar-refractivity contribution in [1.82, 2.24) is 19.6 Å². The van der Waals surface area contributed by atoms with E-state index >= 15 is 0 Å². The third kappa shape index (κ3) is 3.03. The molecule has 0 radical (unpaired) electrons. The average Bonchev–Trinajstić information content (AvgIpc) is 3.02. The van der Waals surface area contributed by atoms with E-state index in [0.717, 1.165) is 18.8 Å². The Kier molecular flexibility index (Phi) is 4.47. The highest BCUT2D eigenvalue weighted by atomic mass is 15.3. The molecule has 5 heteroatoms. The molecular formula is C15H25N5. The van der Waals surface area contributed by atoms with E-state index in [0.29, 0.717) is 12.1 Å². The topological polar surface area (TPSA) is 47.7 Å². The van der Waals surface area contributed by atoms with Gasteiger partial charge in [0.05, 0.1) is 12.2 Å². The van der Waals surface area contributed by atoms with Crippen LogP contribution >= 0.6 is 0 Å². The summed E-state index contributed by atoms with van der Waals surface area (Å²) in [5, 5.41) is 12.4. The molecule has 2 aromatic heterocycles. The van der Waals surface area contributed by atoms with Crippen molar-refractivity contribution >= 4 is 5.82 Å². The van der Waals surface area contributed by atoms with Gasteiger partial charge in [-0.05, 0) is 40.2 Å². The van der Waals surface area contributed by atoms with Crippen LogP contribution in [-0.4, -0.2) is 19.6 Å². The first kappa shape index (κ1) is 14.6. The molecule has 5 nitrogen and oxygen atoms in total. The highest BCUT2D eigenvalue weighted by Gasteiger charge is 2.10. The van der Waals surface area contributed by atoms with Crippen molar-refractivity contribution in [1.29, 1.82) is 0 Å². The Morgan fingerprint density at radius 2 is 2.05 bits per heavy atom. The molecule has 0 aliphatic heterocycles. The van der Waals surface area contributed by atoms with Gasteiger partial charge in [0.25, 0.3) is 0 Å². The van der Waals surface area contributed by atoms with E-state index < -0.39 is 0 Å². The molecule has 20 heavy (non-hydrogen) atoms. The minimum atomic E-state index is 0.384. The second kappa shape index (κ2) is 6.11. The maximum absolute atomic E-state index is 4.58. The Bertz CT molecular complexity index is 552. The Hall–Kier alpha value is -1.78. The molecule has 0 bridgehead atoms. The van der Waals surface area contributed by atoms with Crippen molar-refractivity contribution in [2.45, 2.75) is 59.7 Å². The summed E-state index contributed by atoms with van der Waals surface area (Å²) in [5.74, 6) is 0.954. The number of rotatable bonds is 6. The summed E-state index contributed by atoms with van der Waals surface area (Å²) in [4.78, 5) is 0. The van der Waals surface area contributed by atoms with Gasteiger partial charge in [-0.1, -0.05) is 6.92 Å². The summed E-state index contributed by atoms with van der Waals surface area (Å²) >= 11 is 0. The molecule has 1 unspecified atom stereocenters. The Balaban J connectivity index is 2.07. The SMILES string of the molecule is CCC(C)n1nccc1CNc1nn(C(C)C)cc1C. The molecule has 2 heterocycles. The highest BCUT2D eigenvalue weighted by molar-refractivity contribution is 5.42. The van der Waals surface area contributed by atoms with E-state index in [2.05, 4.69) is 67.1 Å². The van der Waals surface area contributed by atoms with Gasteiger partial charge < -0.3 is 5.32 Å². The largest absolute Gasteiger partial charge is 0.363 e. The lowest BCUT2D eigenvalue weighted by Gasteiger charge is -2.14. The maximum Gasteiger partial charge on any atom is 0.151 e. The zero-order valence-electron chi connectivity index (χ0n) is 13.1. The molecule has 1 atom stereocenters. The van der Waals surface area contributed by atoms with Crippen LogP contribution in [0.25, 0.3) is 0 Å². The molecule has 110 valence electrons. The minimum Gasteiger partial charge on any atom is -0.363 e. The van der Waals surface area contributed by atoms with Crippen LogP contribution in [0.1, 0.15) is 57.5 Å². The van der Waals surface area contributed by atoms with E-state index in [4.69, 9.17) is 0 Å². The molecular weight excluding hydrogens is 250 g/mol. The summed E-state index contributed by atoms with van der Waals surface area (Å²) in [6.45, 7) is 11.5. The molecule has 2 rings (SSSR count). The molecule has 2 aromatic rings. The van der Waals surface area contributed by atoms with E-state index in [1.54, 1.807) is 0 Å². The Morgan fingerprint density at radius 1 is 1.30 bits per heavy atom. The second-order valence-corrected chi connectivity index (χ2v) is 5.61. The summed E-state index contributed by atoms with van der Waals surface area (Å²) in [7, 11) is 0. The number of aryl methyl sites for hydroxylation is 1. The van der Waals surface area contributed by atoms with Gasteiger partial charge in [0.2, 0.25) is 0 Å². The predicted molar refractivity (Wildman–Crippen MR) is 81.9 cm³/mol. The van der Waals surface area contributed by atoms with Crippen LogP contribution in [0.15, 0.2) is 18.5 Å². The molecule has 1 N–H and O–H groups in total. The van der Waals surface area contributed by atoms with Crippen LogP contribution in [0.5, 0.6) is 0 Å². The summed E-state index contributed by atoms with van der Waals surface area (Å²) in [6.07, 6.45) is 5.03. The molecule has 0 fully saturated rings. The number of anilines is 1. The fourth-order valence-corrected chi connectivity index (χ4v) is 2.15. The van der Waals surface area contributed by atoms with Gasteiger partial charge in [-0.25, -0.2) is 0 Å². The van der Waals surface area contributed by atoms with Gasteiger partial charge in [0.15, 0.2) is 5.82 Å². The quantitative estimate of drug-likeness (QED) is 0.877. The number of nitrogens with one attached hydrogen (secondary N) is 1. The lowest BCUT2D eigenvalue weighted by atomic mass is 10.2. The van der Waals surface area contributed by atoms with Gasteiger partial charge in [-0.2, -0.15) is 10.2 Å². The Labute approximate surface area is 121 Å². The molecule has 0 aromatic carbocycles. The molecule has 0 amide bonds. The third-order valence-corrected chi connectivity index (χ3v) is 3.64. The smallest absolute Gasteiger partial charge is 0.151 e. The average molecular weight is 275 g/mol. The van der Waals surface area contributed by atoms with Gasteiger partial charge >= 0.3 is 0 Å². The Morgan fingerprint density at radius 3 is 2.65 bits per heavy atom. The molecule has 0 aliphatic carbocycles. The van der Waals surface area contributed by atoms with Crippen molar-refractivity contribution < 1.29 is 0 Å². The molecule has 0 aliphatic rings. The second-order valence-electron chi connectivity index (χ2n) is 5.61. The van der Waals surface area contributed by atoms with Crippen LogP contribution < -0.4 is 5.32 Å². The van der Waals surface area contributed by atoms with E-state index in [-0.39, 0.29) is 0 Å². The van der Waals surface area contributed by atoms with Gasteiger partial charge in [-0.3, -0.25) is 9.36 Å². The van der Waals surface area contributed by atoms with E-state index in [9.17, 15) is 0 Å². The molecule has 0 saturated heterocycles. The standard InChI is InChI=1S/C15H25N5/c1-6-13(5)20-14(7-8-17-20)9-16-15-12(4)10-19(18-15)11(2)3/h7-8,10-11,13H,6,9H2,1-5H3,(H,16,18). The van der Waals surface area contributed by atoms with Crippen LogP contribution in [0.2, 0.25) is 0 Å². The summed E-state index contributed by atoms with van der Waals surface area (Å²) in [5.41, 5.74) is 2.37. The first-order valence-corrected chi connectivity index (χ1v) is 7.35. The summed E-state index contributed by atoms with van der Waals surface area (Å²) < 4.78 is 4.07. The monoisotopic (exact) mass is 275 g/mol. The highest BCUT2D eigenvalue weighted by Crippen LogP contribution is 2.17. The molecule has 0 spiro atoms. The first-order chi connectivity index (χ1) is 9.52. The fourth-order valence-electron chi connectivity index (χ4n) is 2.15. The van der Waals surface area contributed by atoms with Crippen molar-refractivity contribution in [3.05, 3.63) is 29.7 Å². The van der Waals surface area contributed by atoms with Crippen molar-refractivity contribution in [3.8, 4) is 0 Å². The van der Waals surface area contributed by atoms with Crippen LogP contribution in [-0.2, 0) is 6.54 Å². The lowest BCUT2D eigenvalue weighted by molar-refractivity contribution is 0.462. The van der Waals surface area contributed by atoms with Crippen molar-refractivity contribution in [2.24, 2.45) is 0 Å². The lowest BCUT2D eigenvalue weighted by Crippen LogP contribution is -2.13. The van der Waals surface area contributed by atoms with Gasteiger partial charge in [0, 0.05) is 30.0 Å². The van der Waals surface area contributed by atoms with Crippen LogP contribution in [0, 0.1) is 6.92 Å². The predicted octanol–water partition coefficient (Wildman–Crippen LogP) is 3.55. The zero-order chi connectivity index (χ0) is 14.7. The van der Waals surface area contributed by atoms with Crippen LogP contribution in [0.3, 0.4) is 0 Å². The maximum atomic E-state index is 4.58. The van der Waals surface area contributed by atoms with E-state index in [1.165, 1.54) is 11.3 Å². The number of nitrogens with zero attached hydrogens (tertiary/aromatic N) is 4. The van der Waals surface area contributed by atoms with Gasteiger partial charge in [-0.15, -0.1) is 0 Å². The van der Waals surface area contributed by atoms with Crippen LogP contribution in [0.4, 0.5) is 5.82 Å². The summed E-state index contributed by atoms with van der Waals surface area (Å²) in [6, 6.07) is 2.87.